The summed E-state index contributed by atoms with van der Waals surface area (Å²) in [6, 6.07) is 0. The highest BCUT2D eigenvalue weighted by molar-refractivity contribution is 5.76. The van der Waals surface area contributed by atoms with E-state index >= 15 is 0 Å². The normalized spacial score (nSPS) is 12.2. The van der Waals surface area contributed by atoms with Crippen molar-refractivity contribution < 1.29 is 9.90 Å². The van der Waals surface area contributed by atoms with Gasteiger partial charge in [-0.25, -0.2) is 0 Å². The number of unbranched alkanes of at least 4 members (excludes halogenated alkanes) is 21. The van der Waals surface area contributed by atoms with Gasteiger partial charge >= 0.3 is 0 Å². The standard InChI is InChI=1S/C32H65NO2/c1-4-7-9-11-13-15-17-18-19-20-22-24-26-28-32(35)33(30-31(34)6-3)29-27-25-23-21-16-14-12-10-8-5-2/h31,34H,4-30H2,1-3H3. The molecule has 0 rings (SSSR count). The zero-order valence-corrected chi connectivity index (χ0v) is 24.5. The molecular formula is C32H65NO2. The summed E-state index contributed by atoms with van der Waals surface area (Å²) in [5, 5.41) is 10.1. The number of carbonyl (C=O) groups excluding carboxylic acids is 1. The summed E-state index contributed by atoms with van der Waals surface area (Å²) in [6.07, 6.45) is 31.5. The van der Waals surface area contributed by atoms with Gasteiger partial charge in [0.15, 0.2) is 0 Å². The summed E-state index contributed by atoms with van der Waals surface area (Å²) in [5.74, 6) is 0.261. The molecule has 0 heterocycles. The summed E-state index contributed by atoms with van der Waals surface area (Å²) in [5.41, 5.74) is 0. The van der Waals surface area contributed by atoms with Crippen molar-refractivity contribution in [1.82, 2.24) is 4.90 Å². The van der Waals surface area contributed by atoms with Gasteiger partial charge in [-0.15, -0.1) is 0 Å². The van der Waals surface area contributed by atoms with E-state index in [-0.39, 0.29) is 12.0 Å². The van der Waals surface area contributed by atoms with Crippen LogP contribution in [0.15, 0.2) is 0 Å². The van der Waals surface area contributed by atoms with Crippen molar-refractivity contribution in [3.8, 4) is 0 Å². The molecule has 0 spiro atoms. The monoisotopic (exact) mass is 496 g/mol. The minimum Gasteiger partial charge on any atom is -0.391 e. The van der Waals surface area contributed by atoms with Crippen LogP contribution in [0.4, 0.5) is 0 Å². The topological polar surface area (TPSA) is 40.5 Å². The molecule has 0 saturated carbocycles. The van der Waals surface area contributed by atoms with Crippen molar-refractivity contribution >= 4 is 5.91 Å². The highest BCUT2D eigenvalue weighted by atomic mass is 16.3. The average molecular weight is 496 g/mol. The van der Waals surface area contributed by atoms with Gasteiger partial charge in [0.25, 0.3) is 0 Å². The highest BCUT2D eigenvalue weighted by Crippen LogP contribution is 2.15. The van der Waals surface area contributed by atoms with Crippen LogP contribution < -0.4 is 0 Å². The average Bonchev–Trinajstić information content (AvgIpc) is 2.86. The molecule has 3 heteroatoms. The van der Waals surface area contributed by atoms with Crippen LogP contribution in [0.2, 0.25) is 0 Å². The molecule has 3 nitrogen and oxygen atoms in total. The molecule has 1 atom stereocenters. The number of hydrogen-bond donors (Lipinski definition) is 1. The first kappa shape index (κ1) is 34.4. The lowest BCUT2D eigenvalue weighted by Gasteiger charge is -2.25. The zero-order valence-electron chi connectivity index (χ0n) is 24.5. The number of hydrogen-bond acceptors (Lipinski definition) is 2. The van der Waals surface area contributed by atoms with Gasteiger partial charge in [-0.1, -0.05) is 156 Å². The lowest BCUT2D eigenvalue weighted by Crippen LogP contribution is -2.38. The van der Waals surface area contributed by atoms with E-state index in [0.29, 0.717) is 13.0 Å². The number of aliphatic hydroxyl groups excluding tert-OH is 1. The molecule has 0 aliphatic carbocycles. The van der Waals surface area contributed by atoms with E-state index in [9.17, 15) is 9.90 Å². The molecule has 0 aromatic rings. The summed E-state index contributed by atoms with van der Waals surface area (Å²) >= 11 is 0. The Balaban J connectivity index is 3.79. The predicted molar refractivity (Wildman–Crippen MR) is 155 cm³/mol. The Labute approximate surface area is 221 Å². The second-order valence-corrected chi connectivity index (χ2v) is 11.1. The van der Waals surface area contributed by atoms with Gasteiger partial charge in [0.2, 0.25) is 5.91 Å². The Morgan fingerprint density at radius 3 is 1.26 bits per heavy atom. The Hall–Kier alpha value is -0.570. The van der Waals surface area contributed by atoms with Gasteiger partial charge in [0, 0.05) is 19.5 Å². The Morgan fingerprint density at radius 2 is 0.886 bits per heavy atom. The van der Waals surface area contributed by atoms with Gasteiger partial charge < -0.3 is 10.0 Å². The molecular weight excluding hydrogens is 430 g/mol. The quantitative estimate of drug-likeness (QED) is 0.110. The molecule has 210 valence electrons. The second-order valence-electron chi connectivity index (χ2n) is 11.1. The number of amides is 1. The molecule has 0 fully saturated rings. The lowest BCUT2D eigenvalue weighted by atomic mass is 10.0. The van der Waals surface area contributed by atoms with Gasteiger partial charge in [-0.3, -0.25) is 4.79 Å². The van der Waals surface area contributed by atoms with Crippen LogP contribution in [0.1, 0.15) is 181 Å². The molecule has 0 radical (unpaired) electrons. The summed E-state index contributed by atoms with van der Waals surface area (Å²) < 4.78 is 0. The summed E-state index contributed by atoms with van der Waals surface area (Å²) in [6.45, 7) is 7.89. The van der Waals surface area contributed by atoms with E-state index in [2.05, 4.69) is 13.8 Å². The number of nitrogens with zero attached hydrogens (tertiary/aromatic N) is 1. The van der Waals surface area contributed by atoms with Crippen LogP contribution in [0.25, 0.3) is 0 Å². The smallest absolute Gasteiger partial charge is 0.222 e. The van der Waals surface area contributed by atoms with Gasteiger partial charge in [0.1, 0.15) is 0 Å². The number of aliphatic hydroxyl groups is 1. The minimum absolute atomic E-state index is 0.261. The maximum absolute atomic E-state index is 12.8. The Kier molecular flexibility index (Phi) is 27.6. The van der Waals surface area contributed by atoms with Crippen molar-refractivity contribution in [2.24, 2.45) is 0 Å². The first-order valence-corrected chi connectivity index (χ1v) is 16.1. The van der Waals surface area contributed by atoms with Crippen LogP contribution in [0, 0.1) is 0 Å². The molecule has 0 saturated heterocycles. The van der Waals surface area contributed by atoms with Crippen LogP contribution in [0.5, 0.6) is 0 Å². The minimum atomic E-state index is -0.381. The van der Waals surface area contributed by atoms with E-state index in [1.54, 1.807) is 0 Å². The molecule has 0 aromatic carbocycles. The first-order valence-electron chi connectivity index (χ1n) is 16.1. The third-order valence-electron chi connectivity index (χ3n) is 7.53. The van der Waals surface area contributed by atoms with Crippen LogP contribution in [-0.4, -0.2) is 35.1 Å². The van der Waals surface area contributed by atoms with Crippen molar-refractivity contribution in [1.29, 1.82) is 0 Å². The lowest BCUT2D eigenvalue weighted by molar-refractivity contribution is -0.132. The number of rotatable bonds is 28. The Morgan fingerprint density at radius 1 is 0.543 bits per heavy atom. The molecule has 0 aliphatic heterocycles. The van der Waals surface area contributed by atoms with E-state index < -0.39 is 0 Å². The molecule has 0 aliphatic rings. The van der Waals surface area contributed by atoms with Crippen molar-refractivity contribution in [2.45, 2.75) is 187 Å². The fourth-order valence-corrected chi connectivity index (χ4v) is 4.94. The van der Waals surface area contributed by atoms with Crippen LogP contribution >= 0.6 is 0 Å². The molecule has 0 bridgehead atoms. The van der Waals surface area contributed by atoms with E-state index in [1.165, 1.54) is 135 Å². The predicted octanol–water partition coefficient (Wildman–Crippen LogP) is 9.99. The third kappa shape index (κ3) is 24.9. The Bertz CT molecular complexity index is 426. The molecule has 1 amide bonds. The van der Waals surface area contributed by atoms with Crippen LogP contribution in [0.3, 0.4) is 0 Å². The highest BCUT2D eigenvalue weighted by Gasteiger charge is 2.16. The maximum atomic E-state index is 12.8. The van der Waals surface area contributed by atoms with Crippen molar-refractivity contribution in [2.75, 3.05) is 13.1 Å². The molecule has 1 unspecified atom stereocenters. The molecule has 35 heavy (non-hydrogen) atoms. The van der Waals surface area contributed by atoms with Crippen molar-refractivity contribution in [3.05, 3.63) is 0 Å². The summed E-state index contributed by atoms with van der Waals surface area (Å²) in [7, 11) is 0. The fourth-order valence-electron chi connectivity index (χ4n) is 4.94. The molecule has 1 N–H and O–H groups in total. The van der Waals surface area contributed by atoms with Crippen molar-refractivity contribution in [3.63, 3.8) is 0 Å². The zero-order chi connectivity index (χ0) is 25.8. The fraction of sp³-hybridized carbons (Fsp3) is 0.969. The third-order valence-corrected chi connectivity index (χ3v) is 7.53. The molecule has 0 aromatic heterocycles. The number of carbonyl (C=O) groups is 1. The largest absolute Gasteiger partial charge is 0.391 e. The van der Waals surface area contributed by atoms with Gasteiger partial charge in [-0.2, -0.15) is 0 Å². The van der Waals surface area contributed by atoms with E-state index in [4.69, 9.17) is 0 Å². The van der Waals surface area contributed by atoms with E-state index in [0.717, 1.165) is 25.8 Å². The first-order chi connectivity index (χ1) is 17.2. The van der Waals surface area contributed by atoms with Gasteiger partial charge in [0.05, 0.1) is 6.10 Å². The van der Waals surface area contributed by atoms with Gasteiger partial charge in [-0.05, 0) is 19.3 Å². The van der Waals surface area contributed by atoms with E-state index in [1.807, 2.05) is 11.8 Å². The summed E-state index contributed by atoms with van der Waals surface area (Å²) in [4.78, 5) is 14.8. The van der Waals surface area contributed by atoms with Crippen LogP contribution in [-0.2, 0) is 4.79 Å². The SMILES string of the molecule is CCCCCCCCCCCCCCCC(=O)N(CCCCCCCCCCCC)CC(O)CC. The second kappa shape index (κ2) is 28.0. The maximum Gasteiger partial charge on any atom is 0.222 e.